The van der Waals surface area contributed by atoms with Gasteiger partial charge in [-0.2, -0.15) is 0 Å². The van der Waals surface area contributed by atoms with E-state index in [0.717, 1.165) is 0 Å². The molecule has 0 amide bonds. The Bertz CT molecular complexity index is 401. The van der Waals surface area contributed by atoms with E-state index in [1.54, 1.807) is 0 Å². The van der Waals surface area contributed by atoms with E-state index in [1.807, 2.05) is 0 Å². The molecule has 2 nitrogen and oxygen atoms in total. The fraction of sp³-hybridized carbons (Fsp3) is 1.00. The molecule has 1 saturated heterocycles. The predicted molar refractivity (Wildman–Crippen MR) is 32.9 cm³/mol. The Morgan fingerprint density at radius 1 is 2.12 bits per heavy atom. The van der Waals surface area contributed by atoms with Crippen LogP contribution in [0.15, 0.2) is 0 Å². The van der Waals surface area contributed by atoms with Crippen LogP contribution < -0.4 is 5.32 Å². The van der Waals surface area contributed by atoms with Gasteiger partial charge < -0.3 is 10.1 Å². The fourth-order valence-corrected chi connectivity index (χ4v) is 0.290. The molecule has 1 unspecified atom stereocenters. The van der Waals surface area contributed by atoms with Crippen LogP contribution in [0.3, 0.4) is 0 Å². The normalized spacial score (nSPS) is 88.5. The van der Waals surface area contributed by atoms with Gasteiger partial charge in [0, 0.05) is 24.5 Å². The first-order chi connectivity index (χ1) is 8.41. The van der Waals surface area contributed by atoms with E-state index < -0.39 is 38.9 Å². The van der Waals surface area contributed by atoms with Gasteiger partial charge in [-0.05, 0) is 19.2 Å². The van der Waals surface area contributed by atoms with Gasteiger partial charge in [0.2, 0.25) is 0 Å². The minimum atomic E-state index is -3.59. The van der Waals surface area contributed by atoms with Crippen molar-refractivity contribution < 1.29 is 21.2 Å². The van der Waals surface area contributed by atoms with Crippen molar-refractivity contribution in [3.8, 4) is 0 Å². The van der Waals surface area contributed by atoms with Crippen LogP contribution in [0.1, 0.15) is 29.2 Å². The molecule has 0 saturated carbocycles. The van der Waals surface area contributed by atoms with Crippen LogP contribution in [0.4, 0.5) is 0 Å². The summed E-state index contributed by atoms with van der Waals surface area (Å²) < 4.78 is 92.4. The van der Waals surface area contributed by atoms with Gasteiger partial charge in [0.15, 0.2) is 0 Å². The molecule has 1 atom stereocenters. The fourth-order valence-electron chi connectivity index (χ4n) is 0.290. The highest BCUT2D eigenvalue weighted by Crippen LogP contribution is 2.03. The quantitative estimate of drug-likeness (QED) is 0.550. The van der Waals surface area contributed by atoms with Crippen molar-refractivity contribution in [2.75, 3.05) is 20.0 Å². The smallest absolute Gasteiger partial charge is 0.0696 e. The lowest BCUT2D eigenvalue weighted by molar-refractivity contribution is 0.0810. The minimum absolute atomic E-state index is 1.48. The molecule has 0 aromatic rings. The number of ether oxygens (including phenoxy) is 1. The summed E-state index contributed by atoms with van der Waals surface area (Å²) in [7, 11) is -3.37. The average molecular weight is 127 g/mol. The number of methoxy groups -OCH3 is 1. The van der Waals surface area contributed by atoms with Crippen LogP contribution in [-0.2, 0) is 4.74 Å². The summed E-state index contributed by atoms with van der Waals surface area (Å²) in [5.74, 6) is 0. The van der Waals surface area contributed by atoms with E-state index in [0.29, 0.717) is 0 Å². The number of hydrogen-bond donors (Lipinski definition) is 1. The summed E-state index contributed by atoms with van der Waals surface area (Å²) in [6.07, 6.45) is -10.5. The van der Waals surface area contributed by atoms with Gasteiger partial charge in [-0.15, -0.1) is 0 Å². The summed E-state index contributed by atoms with van der Waals surface area (Å²) in [6.45, 7) is -6.47. The molecule has 0 spiro atoms. The van der Waals surface area contributed by atoms with E-state index in [2.05, 4.69) is 4.74 Å². The van der Waals surface area contributed by atoms with Crippen molar-refractivity contribution in [3.63, 3.8) is 0 Å². The van der Waals surface area contributed by atoms with Gasteiger partial charge in [0.05, 0.1) is 11.6 Å². The lowest BCUT2D eigenvalue weighted by Gasteiger charge is -2.20. The highest BCUT2D eigenvalue weighted by atomic mass is 16.5. The third-order valence-corrected chi connectivity index (χ3v) is 0.579. The molecule has 1 fully saturated rings. The van der Waals surface area contributed by atoms with Crippen LogP contribution in [0.25, 0.3) is 0 Å². The van der Waals surface area contributed by atoms with Gasteiger partial charge >= 0.3 is 0 Å². The lowest BCUT2D eigenvalue weighted by Crippen LogP contribution is -2.34. The summed E-state index contributed by atoms with van der Waals surface area (Å²) in [5, 5.41) is 1.48. The zero-order valence-corrected chi connectivity index (χ0v) is 3.91. The van der Waals surface area contributed by atoms with Crippen molar-refractivity contribution in [1.82, 2.24) is 5.32 Å². The molecule has 0 aliphatic carbocycles. The van der Waals surface area contributed by atoms with Crippen LogP contribution in [-0.4, -0.2) is 26.1 Å². The van der Waals surface area contributed by atoms with E-state index in [1.165, 1.54) is 5.32 Å². The van der Waals surface area contributed by atoms with E-state index in [-0.39, 0.29) is 0 Å². The van der Waals surface area contributed by atoms with E-state index >= 15 is 0 Å². The Hall–Kier alpha value is -0.0800. The maximum atomic E-state index is 7.71. The first-order valence-electron chi connectivity index (χ1n) is 7.91. The maximum absolute atomic E-state index is 7.71. The summed E-state index contributed by atoms with van der Waals surface area (Å²) >= 11 is 0. The topological polar surface area (TPSA) is 21.3 Å². The highest BCUT2D eigenvalue weighted by molar-refractivity contribution is 4.67. The highest BCUT2D eigenvalue weighted by Gasteiger charge is 2.09. The Morgan fingerprint density at radius 3 is 4.00 bits per heavy atom. The molecule has 8 heavy (non-hydrogen) atoms. The zero-order chi connectivity index (χ0) is 16.4. The average Bonchev–Trinajstić information content (AvgIpc) is 2.10. The first-order valence-corrected chi connectivity index (χ1v) is 1.91. The van der Waals surface area contributed by atoms with Crippen molar-refractivity contribution in [2.45, 2.75) is 18.8 Å². The maximum Gasteiger partial charge on any atom is 0.0696 e. The zero-order valence-electron chi connectivity index (χ0n) is 15.9. The van der Waals surface area contributed by atoms with Crippen molar-refractivity contribution in [1.29, 1.82) is 0 Å². The van der Waals surface area contributed by atoms with Gasteiger partial charge in [0.25, 0.3) is 0 Å². The molecular weight excluding hydrogens is 102 g/mol. The molecule has 2 heteroatoms. The molecular formula is C6H13NO. The summed E-state index contributed by atoms with van der Waals surface area (Å²) in [6, 6.07) is 0. The SMILES string of the molecule is [2H]C([2H])([2H])OC1([2H])C([2H])([2H])NC([2H])([2H])C([2H])([2H])C1([2H])[2H]. The second-order valence-electron chi connectivity index (χ2n) is 1.06. The molecule has 1 rings (SSSR count). The number of piperidine rings is 1. The molecule has 1 aliphatic heterocycles. The van der Waals surface area contributed by atoms with Crippen molar-refractivity contribution in [3.05, 3.63) is 0 Å². The predicted octanol–water partition coefficient (Wildman–Crippen LogP) is 0.385. The number of hydrogen-bond acceptors (Lipinski definition) is 2. The summed E-state index contributed by atoms with van der Waals surface area (Å²) in [5.41, 5.74) is 0. The molecule has 0 radical (unpaired) electrons. The number of nitrogens with one attached hydrogen (secondary N) is 1. The first kappa shape index (κ1) is 0.956. The van der Waals surface area contributed by atoms with Gasteiger partial charge in [-0.25, -0.2) is 0 Å². The lowest BCUT2D eigenvalue weighted by atomic mass is 10.1. The molecule has 0 aromatic heterocycles. The monoisotopic (exact) mass is 127 g/mol. The van der Waals surface area contributed by atoms with Crippen LogP contribution in [0, 0.1) is 0 Å². The summed E-state index contributed by atoms with van der Waals surface area (Å²) in [4.78, 5) is 0. The Balaban J connectivity index is 3.50. The number of rotatable bonds is 1. The van der Waals surface area contributed by atoms with Gasteiger partial charge in [-0.1, -0.05) is 0 Å². The van der Waals surface area contributed by atoms with Gasteiger partial charge in [-0.3, -0.25) is 0 Å². The molecule has 0 bridgehead atoms. The Morgan fingerprint density at radius 2 is 3.12 bits per heavy atom. The third-order valence-electron chi connectivity index (χ3n) is 0.579. The Labute approximate surface area is 67.1 Å². The van der Waals surface area contributed by atoms with Crippen molar-refractivity contribution in [2.24, 2.45) is 0 Å². The second kappa shape index (κ2) is 3.05. The van der Waals surface area contributed by atoms with Crippen LogP contribution in [0.2, 0.25) is 0 Å². The van der Waals surface area contributed by atoms with Crippen LogP contribution in [0.5, 0.6) is 0 Å². The largest absolute Gasteiger partial charge is 0.380 e. The van der Waals surface area contributed by atoms with Crippen molar-refractivity contribution >= 4 is 0 Å². The second-order valence-corrected chi connectivity index (χ2v) is 1.06. The third kappa shape index (κ3) is 1.46. The minimum Gasteiger partial charge on any atom is -0.380 e. The molecule has 1 aliphatic rings. The van der Waals surface area contributed by atoms with E-state index in [9.17, 15) is 0 Å². The van der Waals surface area contributed by atoms with E-state index in [4.69, 9.17) is 16.4 Å². The van der Waals surface area contributed by atoms with Crippen LogP contribution >= 0.6 is 0 Å². The molecule has 0 aromatic carbocycles. The standard InChI is InChI=1S/C6H13NO/c1-8-6-3-2-4-7-5-6/h6-7H,2-5H2,1H3/i1D3,2D2,3D2,4D2,5D2,6D. The molecule has 1 heterocycles. The Kier molecular flexibility index (Phi) is 0.364. The molecule has 48 valence electrons. The molecule has 1 N–H and O–H groups in total. The van der Waals surface area contributed by atoms with Gasteiger partial charge in [0.1, 0.15) is 0 Å².